The van der Waals surface area contributed by atoms with Gasteiger partial charge >= 0.3 is 6.03 Å². The number of amides is 2. The zero-order valence-electron chi connectivity index (χ0n) is 17.7. The number of benzene rings is 1. The average molecular weight is 435 g/mol. The molecule has 4 heterocycles. The van der Waals surface area contributed by atoms with Gasteiger partial charge in [-0.25, -0.2) is 14.8 Å². The first-order valence-electron chi connectivity index (χ1n) is 10.6. The lowest BCUT2D eigenvalue weighted by Gasteiger charge is -2.42. The molecule has 1 unspecified atom stereocenters. The van der Waals surface area contributed by atoms with Crippen LogP contribution >= 0.6 is 11.3 Å². The van der Waals surface area contributed by atoms with E-state index < -0.39 is 0 Å². The molecule has 3 aromatic heterocycles. The number of anilines is 1. The summed E-state index contributed by atoms with van der Waals surface area (Å²) in [4.78, 5) is 29.4. The summed E-state index contributed by atoms with van der Waals surface area (Å²) in [5.74, 6) is 0.487. The number of carbonyl (C=O) groups excluding carboxylic acids is 1. The van der Waals surface area contributed by atoms with Crippen molar-refractivity contribution in [3.05, 3.63) is 53.8 Å². The van der Waals surface area contributed by atoms with Crippen molar-refractivity contribution in [3.63, 3.8) is 0 Å². The fraction of sp³-hybridized carbons (Fsp3) is 0.348. The highest BCUT2D eigenvalue weighted by Crippen LogP contribution is 2.30. The van der Waals surface area contributed by atoms with E-state index in [1.807, 2.05) is 35.5 Å². The van der Waals surface area contributed by atoms with Crippen LogP contribution in [0.2, 0.25) is 0 Å². The zero-order chi connectivity index (χ0) is 21.4. The van der Waals surface area contributed by atoms with Crippen molar-refractivity contribution in [2.24, 2.45) is 5.92 Å². The molecule has 1 aliphatic rings. The Morgan fingerprint density at radius 2 is 2.19 bits per heavy atom. The Labute approximate surface area is 185 Å². The molecule has 0 bridgehead atoms. The maximum atomic E-state index is 12.9. The number of para-hydroxylation sites is 1. The number of aromatic nitrogens is 3. The van der Waals surface area contributed by atoms with Crippen LogP contribution in [0, 0.1) is 5.92 Å². The maximum Gasteiger partial charge on any atom is 0.317 e. The van der Waals surface area contributed by atoms with Crippen molar-refractivity contribution in [1.82, 2.24) is 25.2 Å². The predicted octanol–water partition coefficient (Wildman–Crippen LogP) is 4.23. The molecule has 0 spiro atoms. The van der Waals surface area contributed by atoms with E-state index in [9.17, 15) is 4.79 Å². The largest absolute Gasteiger partial charge is 0.369 e. The van der Waals surface area contributed by atoms with Crippen LogP contribution in [0.5, 0.6) is 0 Å². The highest BCUT2D eigenvalue weighted by Gasteiger charge is 2.32. The molecule has 1 saturated heterocycles. The molecule has 0 saturated carbocycles. The van der Waals surface area contributed by atoms with Gasteiger partial charge in [-0.1, -0.05) is 19.1 Å². The number of H-pyrrole nitrogens is 1. The number of hydrogen-bond acceptors (Lipinski definition) is 5. The molecule has 0 aliphatic carbocycles. The molecule has 7 nitrogen and oxygen atoms in total. The molecule has 4 aromatic rings. The Bertz CT molecular complexity index is 1180. The Hall–Kier alpha value is -3.13. The van der Waals surface area contributed by atoms with Crippen molar-refractivity contribution in [2.75, 3.05) is 25.0 Å². The molecule has 1 aromatic carbocycles. The number of aromatic amines is 1. The monoisotopic (exact) mass is 434 g/mol. The maximum absolute atomic E-state index is 12.9. The van der Waals surface area contributed by atoms with E-state index in [-0.39, 0.29) is 12.1 Å². The second kappa shape index (κ2) is 8.19. The fourth-order valence-electron chi connectivity index (χ4n) is 4.43. The highest BCUT2D eigenvalue weighted by molar-refractivity contribution is 7.18. The van der Waals surface area contributed by atoms with E-state index in [1.165, 1.54) is 0 Å². The molecule has 8 heteroatoms. The summed E-state index contributed by atoms with van der Waals surface area (Å²) >= 11 is 1.63. The number of rotatable bonds is 4. The Morgan fingerprint density at radius 3 is 3.06 bits per heavy atom. The van der Waals surface area contributed by atoms with Gasteiger partial charge < -0.3 is 20.1 Å². The predicted molar refractivity (Wildman–Crippen MR) is 125 cm³/mol. The first-order chi connectivity index (χ1) is 15.1. The van der Waals surface area contributed by atoms with E-state index in [1.54, 1.807) is 11.3 Å². The number of likely N-dealkylation sites (tertiary alicyclic amines) is 1. The number of carbonyl (C=O) groups is 1. The van der Waals surface area contributed by atoms with Crippen LogP contribution in [-0.4, -0.2) is 52.1 Å². The SMILES string of the molecule is C[C@@H]1CCN(C(=O)NCc2nc3ccccc3s2)CC1N(C)c1ccnc2[nH]ccc12. The second-order valence-corrected chi connectivity index (χ2v) is 9.31. The third-order valence-electron chi connectivity index (χ3n) is 6.25. The van der Waals surface area contributed by atoms with Gasteiger partial charge in [0.15, 0.2) is 0 Å². The van der Waals surface area contributed by atoms with E-state index in [2.05, 4.69) is 57.3 Å². The van der Waals surface area contributed by atoms with E-state index in [0.717, 1.165) is 44.9 Å². The molecule has 2 atom stereocenters. The first-order valence-corrected chi connectivity index (χ1v) is 11.4. The molecular formula is C23H26N6OS. The minimum absolute atomic E-state index is 0.0222. The smallest absolute Gasteiger partial charge is 0.317 e. The molecule has 2 amide bonds. The number of nitrogens with zero attached hydrogens (tertiary/aromatic N) is 4. The second-order valence-electron chi connectivity index (χ2n) is 8.19. The van der Waals surface area contributed by atoms with Gasteiger partial charge in [0.2, 0.25) is 0 Å². The summed E-state index contributed by atoms with van der Waals surface area (Å²) in [5.41, 5.74) is 3.01. The summed E-state index contributed by atoms with van der Waals surface area (Å²) in [6.07, 6.45) is 4.73. The van der Waals surface area contributed by atoms with E-state index >= 15 is 0 Å². The number of nitrogens with one attached hydrogen (secondary N) is 2. The van der Waals surface area contributed by atoms with Crippen LogP contribution in [0.3, 0.4) is 0 Å². The summed E-state index contributed by atoms with van der Waals surface area (Å²) in [7, 11) is 2.12. The Kier molecular flexibility index (Phi) is 5.23. The number of hydrogen-bond donors (Lipinski definition) is 2. The normalized spacial score (nSPS) is 19.1. The number of fused-ring (bicyclic) bond motifs is 2. The summed E-state index contributed by atoms with van der Waals surface area (Å²) in [5, 5.41) is 5.11. The third kappa shape index (κ3) is 3.83. The van der Waals surface area contributed by atoms with Crippen LogP contribution in [0.25, 0.3) is 21.3 Å². The number of likely N-dealkylation sites (N-methyl/N-ethyl adjacent to an activating group) is 1. The van der Waals surface area contributed by atoms with Crippen molar-refractivity contribution < 1.29 is 4.79 Å². The average Bonchev–Trinajstić information content (AvgIpc) is 3.43. The van der Waals surface area contributed by atoms with Gasteiger partial charge in [-0.2, -0.15) is 0 Å². The van der Waals surface area contributed by atoms with Gasteiger partial charge in [-0.3, -0.25) is 0 Å². The molecule has 5 rings (SSSR count). The molecule has 0 radical (unpaired) electrons. The lowest BCUT2D eigenvalue weighted by atomic mass is 9.92. The van der Waals surface area contributed by atoms with Crippen LogP contribution in [0.1, 0.15) is 18.4 Å². The van der Waals surface area contributed by atoms with Gasteiger partial charge in [-0.05, 0) is 36.6 Å². The topological polar surface area (TPSA) is 77.2 Å². The van der Waals surface area contributed by atoms with Crippen LogP contribution in [0.15, 0.2) is 48.8 Å². The van der Waals surface area contributed by atoms with Crippen molar-refractivity contribution in [1.29, 1.82) is 0 Å². The zero-order valence-corrected chi connectivity index (χ0v) is 18.5. The standard InChI is InChI=1S/C23H26N6OS/c1-15-9-12-29(23(30)26-13-21-27-17-5-3-4-6-20(17)31-21)14-19(15)28(2)18-8-11-25-22-16(18)7-10-24-22/h3-8,10-11,15,19H,9,12-14H2,1-2H3,(H,24,25)(H,26,30)/t15-,19?/m1/s1. The fourth-order valence-corrected chi connectivity index (χ4v) is 5.34. The quantitative estimate of drug-likeness (QED) is 0.504. The van der Waals surface area contributed by atoms with Crippen LogP contribution in [-0.2, 0) is 6.54 Å². The summed E-state index contributed by atoms with van der Waals surface area (Å²) < 4.78 is 1.15. The molecule has 1 aliphatic heterocycles. The van der Waals surface area contributed by atoms with Crippen molar-refractivity contribution >= 4 is 44.3 Å². The van der Waals surface area contributed by atoms with E-state index in [4.69, 9.17) is 0 Å². The number of thiazole rings is 1. The number of pyridine rings is 1. The number of urea groups is 1. The first kappa shape index (κ1) is 19.8. The summed E-state index contributed by atoms with van der Waals surface area (Å²) in [6, 6.07) is 12.4. The summed E-state index contributed by atoms with van der Waals surface area (Å²) in [6.45, 7) is 4.19. The minimum Gasteiger partial charge on any atom is -0.369 e. The van der Waals surface area contributed by atoms with Gasteiger partial charge in [-0.15, -0.1) is 11.3 Å². The third-order valence-corrected chi connectivity index (χ3v) is 7.29. The lowest BCUT2D eigenvalue weighted by molar-refractivity contribution is 0.161. The molecule has 1 fully saturated rings. The minimum atomic E-state index is -0.0222. The van der Waals surface area contributed by atoms with Crippen molar-refractivity contribution in [3.8, 4) is 0 Å². The molecule has 31 heavy (non-hydrogen) atoms. The molecular weight excluding hydrogens is 408 g/mol. The van der Waals surface area contributed by atoms with Crippen LogP contribution < -0.4 is 10.2 Å². The lowest BCUT2D eigenvalue weighted by Crippen LogP contribution is -2.54. The van der Waals surface area contributed by atoms with Gasteiger partial charge in [0.25, 0.3) is 0 Å². The Morgan fingerprint density at radius 1 is 1.32 bits per heavy atom. The van der Waals surface area contributed by atoms with Gasteiger partial charge in [0, 0.05) is 49.6 Å². The van der Waals surface area contributed by atoms with Crippen LogP contribution in [0.4, 0.5) is 10.5 Å². The van der Waals surface area contributed by atoms with Crippen molar-refractivity contribution in [2.45, 2.75) is 25.9 Å². The van der Waals surface area contributed by atoms with Gasteiger partial charge in [0.1, 0.15) is 10.7 Å². The molecule has 160 valence electrons. The van der Waals surface area contributed by atoms with Gasteiger partial charge in [0.05, 0.1) is 16.8 Å². The number of piperidine rings is 1. The highest BCUT2D eigenvalue weighted by atomic mass is 32.1. The molecule has 2 N–H and O–H groups in total. The van der Waals surface area contributed by atoms with E-state index in [0.29, 0.717) is 19.0 Å². The Balaban J connectivity index is 1.27.